The summed E-state index contributed by atoms with van der Waals surface area (Å²) < 4.78 is 5.96. The van der Waals surface area contributed by atoms with E-state index >= 15 is 0 Å². The molecule has 180 valence electrons. The molecule has 1 N–H and O–H groups in total. The second-order valence-corrected chi connectivity index (χ2v) is 7.77. The number of hydrogen-bond donors (Lipinski definition) is 1. The number of hydrogen-bond acceptors (Lipinski definition) is 7. The number of benzene rings is 4. The van der Waals surface area contributed by atoms with Gasteiger partial charge in [-0.05, 0) is 22.4 Å². The van der Waals surface area contributed by atoms with Crippen LogP contribution in [0.15, 0.2) is 90.0 Å². The molecule has 0 spiro atoms. The number of nitrogens with one attached hydrogen (secondary N) is 1. The van der Waals surface area contributed by atoms with Crippen molar-refractivity contribution in [2.45, 2.75) is 13.0 Å². The molecule has 0 saturated heterocycles. The molecule has 36 heavy (non-hydrogen) atoms. The standard InChI is InChI=1S/C26H20N4O6/c31-26(15-20-8-2-4-11-24(20)30(34)35)28-27-16-23-22-10-3-1-7-19(22)12-13-25(23)36-17-18-6-5-9-21(14-18)29(32)33/h1-14,16H,15,17H2,(H,28,31). The number of carbonyl (C=O) groups excluding carboxylic acids is 1. The van der Waals surface area contributed by atoms with Crippen LogP contribution in [0.1, 0.15) is 16.7 Å². The maximum absolute atomic E-state index is 12.4. The molecule has 0 bridgehead atoms. The number of para-hydroxylation sites is 1. The van der Waals surface area contributed by atoms with Crippen LogP contribution in [0.4, 0.5) is 11.4 Å². The molecule has 1 amide bonds. The van der Waals surface area contributed by atoms with Gasteiger partial charge in [0.25, 0.3) is 11.4 Å². The van der Waals surface area contributed by atoms with Crippen molar-refractivity contribution < 1.29 is 19.4 Å². The summed E-state index contributed by atoms with van der Waals surface area (Å²) in [4.78, 5) is 33.6. The lowest BCUT2D eigenvalue weighted by Gasteiger charge is -2.12. The monoisotopic (exact) mass is 484 g/mol. The first-order valence-corrected chi connectivity index (χ1v) is 10.8. The molecule has 10 heteroatoms. The number of hydrazone groups is 1. The Labute approximate surface area is 205 Å². The van der Waals surface area contributed by atoms with Crippen LogP contribution in [0.25, 0.3) is 10.8 Å². The van der Waals surface area contributed by atoms with Gasteiger partial charge >= 0.3 is 0 Å². The largest absolute Gasteiger partial charge is 0.488 e. The highest BCUT2D eigenvalue weighted by Gasteiger charge is 2.15. The van der Waals surface area contributed by atoms with Gasteiger partial charge in [-0.25, -0.2) is 5.43 Å². The van der Waals surface area contributed by atoms with Gasteiger partial charge in [-0.2, -0.15) is 5.10 Å². The third kappa shape index (κ3) is 5.68. The summed E-state index contributed by atoms with van der Waals surface area (Å²) >= 11 is 0. The van der Waals surface area contributed by atoms with E-state index < -0.39 is 15.8 Å². The van der Waals surface area contributed by atoms with Crippen LogP contribution in [0.3, 0.4) is 0 Å². The molecule has 4 rings (SSSR count). The van der Waals surface area contributed by atoms with Crippen LogP contribution < -0.4 is 10.2 Å². The van der Waals surface area contributed by atoms with Gasteiger partial charge in [-0.3, -0.25) is 25.0 Å². The number of rotatable bonds is 9. The zero-order valence-electron chi connectivity index (χ0n) is 18.9. The second-order valence-electron chi connectivity index (χ2n) is 7.77. The fourth-order valence-electron chi connectivity index (χ4n) is 3.68. The molecule has 0 fully saturated rings. The van der Waals surface area contributed by atoms with E-state index in [2.05, 4.69) is 10.5 Å². The van der Waals surface area contributed by atoms with Crippen molar-refractivity contribution in [2.24, 2.45) is 5.10 Å². The highest BCUT2D eigenvalue weighted by Crippen LogP contribution is 2.28. The summed E-state index contributed by atoms with van der Waals surface area (Å²) in [5.74, 6) is -0.0447. The van der Waals surface area contributed by atoms with E-state index in [1.807, 2.05) is 30.3 Å². The molecule has 0 unspecified atom stereocenters. The van der Waals surface area contributed by atoms with E-state index in [1.54, 1.807) is 24.3 Å². The van der Waals surface area contributed by atoms with Gasteiger partial charge in [-0.1, -0.05) is 60.7 Å². The number of ether oxygens (including phenoxy) is 1. The van der Waals surface area contributed by atoms with Crippen LogP contribution in [-0.4, -0.2) is 22.0 Å². The lowest BCUT2D eigenvalue weighted by atomic mass is 10.0. The van der Waals surface area contributed by atoms with E-state index in [9.17, 15) is 25.0 Å². The lowest BCUT2D eigenvalue weighted by Crippen LogP contribution is -2.20. The number of nitro benzene ring substituents is 2. The Morgan fingerprint density at radius 2 is 1.69 bits per heavy atom. The van der Waals surface area contributed by atoms with Crippen LogP contribution >= 0.6 is 0 Å². The highest BCUT2D eigenvalue weighted by atomic mass is 16.6. The number of carbonyl (C=O) groups is 1. The van der Waals surface area contributed by atoms with Crippen LogP contribution in [0.2, 0.25) is 0 Å². The minimum atomic E-state index is -0.535. The van der Waals surface area contributed by atoms with Crippen molar-refractivity contribution in [1.82, 2.24) is 5.43 Å². The van der Waals surface area contributed by atoms with Gasteiger partial charge in [-0.15, -0.1) is 0 Å². The van der Waals surface area contributed by atoms with E-state index in [1.165, 1.54) is 36.5 Å². The van der Waals surface area contributed by atoms with E-state index in [-0.39, 0.29) is 30.0 Å². The van der Waals surface area contributed by atoms with Gasteiger partial charge in [0.05, 0.1) is 22.5 Å². The SMILES string of the molecule is O=C(Cc1ccccc1[N+](=O)[O-])NN=Cc1c(OCc2cccc([N+](=O)[O-])c2)ccc2ccccc12. The first kappa shape index (κ1) is 24.0. The fourth-order valence-corrected chi connectivity index (χ4v) is 3.68. The van der Waals surface area contributed by atoms with Crippen molar-refractivity contribution >= 4 is 34.3 Å². The molecule has 0 aliphatic rings. The predicted octanol–water partition coefficient (Wildman–Crippen LogP) is 4.93. The Morgan fingerprint density at radius 3 is 2.50 bits per heavy atom. The molecular weight excluding hydrogens is 464 g/mol. The highest BCUT2D eigenvalue weighted by molar-refractivity contribution is 6.02. The molecule has 0 aliphatic heterocycles. The number of nitro groups is 2. The topological polar surface area (TPSA) is 137 Å². The van der Waals surface area contributed by atoms with Gasteiger partial charge in [0.15, 0.2) is 0 Å². The summed E-state index contributed by atoms with van der Waals surface area (Å²) in [6, 6.07) is 23.4. The van der Waals surface area contributed by atoms with Crippen LogP contribution in [-0.2, 0) is 17.8 Å². The molecule has 0 aliphatic carbocycles. The van der Waals surface area contributed by atoms with Crippen molar-refractivity contribution in [2.75, 3.05) is 0 Å². The minimum absolute atomic E-state index is 0.0298. The molecule has 0 atom stereocenters. The summed E-state index contributed by atoms with van der Waals surface area (Å²) in [7, 11) is 0. The number of fused-ring (bicyclic) bond motifs is 1. The molecule has 0 heterocycles. The maximum atomic E-state index is 12.4. The van der Waals surface area contributed by atoms with Crippen LogP contribution in [0, 0.1) is 20.2 Å². The van der Waals surface area contributed by atoms with E-state index in [0.29, 0.717) is 16.9 Å². The van der Waals surface area contributed by atoms with Gasteiger partial charge in [0.2, 0.25) is 5.91 Å². The zero-order valence-corrected chi connectivity index (χ0v) is 18.9. The van der Waals surface area contributed by atoms with Crippen LogP contribution in [0.5, 0.6) is 5.75 Å². The summed E-state index contributed by atoms with van der Waals surface area (Å²) in [5.41, 5.74) is 3.75. The maximum Gasteiger partial charge on any atom is 0.273 e. The first-order chi connectivity index (χ1) is 17.4. The first-order valence-electron chi connectivity index (χ1n) is 10.8. The van der Waals surface area contributed by atoms with Crippen molar-refractivity contribution in [3.63, 3.8) is 0 Å². The second kappa shape index (κ2) is 10.9. The summed E-state index contributed by atoms with van der Waals surface area (Å²) in [5, 5.41) is 28.0. The minimum Gasteiger partial charge on any atom is -0.488 e. The third-order valence-electron chi connectivity index (χ3n) is 5.37. The molecular formula is C26H20N4O6. The molecule has 10 nitrogen and oxygen atoms in total. The van der Waals surface area contributed by atoms with Crippen molar-refractivity contribution in [3.8, 4) is 5.75 Å². The summed E-state index contributed by atoms with van der Waals surface area (Å²) in [6.07, 6.45) is 1.24. The van der Waals surface area contributed by atoms with E-state index in [4.69, 9.17) is 4.74 Å². The summed E-state index contributed by atoms with van der Waals surface area (Å²) in [6.45, 7) is 0.0882. The Kier molecular flexibility index (Phi) is 7.25. The van der Waals surface area contributed by atoms with Crippen molar-refractivity contribution in [1.29, 1.82) is 0 Å². The van der Waals surface area contributed by atoms with Gasteiger partial charge in [0.1, 0.15) is 12.4 Å². The molecule has 0 radical (unpaired) electrons. The normalized spacial score (nSPS) is 10.9. The number of amides is 1. The zero-order chi connectivity index (χ0) is 25.5. The molecule has 0 saturated carbocycles. The Morgan fingerprint density at radius 1 is 0.917 bits per heavy atom. The lowest BCUT2D eigenvalue weighted by molar-refractivity contribution is -0.385. The quantitative estimate of drug-likeness (QED) is 0.203. The van der Waals surface area contributed by atoms with Gasteiger partial charge < -0.3 is 4.74 Å². The Hall–Kier alpha value is -5.12. The number of nitrogens with zero attached hydrogens (tertiary/aromatic N) is 3. The average molecular weight is 484 g/mol. The smallest absolute Gasteiger partial charge is 0.273 e. The fraction of sp³-hybridized carbons (Fsp3) is 0.0769. The van der Waals surface area contributed by atoms with Gasteiger partial charge in [0, 0.05) is 29.3 Å². The van der Waals surface area contributed by atoms with E-state index in [0.717, 1.165) is 10.8 Å². The molecule has 4 aromatic rings. The average Bonchev–Trinajstić information content (AvgIpc) is 2.88. The predicted molar refractivity (Wildman–Crippen MR) is 134 cm³/mol. The molecule has 0 aromatic heterocycles. The third-order valence-corrected chi connectivity index (χ3v) is 5.37. The van der Waals surface area contributed by atoms with Crippen molar-refractivity contribution in [3.05, 3.63) is 122 Å². The Balaban J connectivity index is 1.54. The molecule has 4 aromatic carbocycles. The Bertz CT molecular complexity index is 1480. The number of non-ortho nitro benzene ring substituents is 1.